The van der Waals surface area contributed by atoms with Crippen molar-refractivity contribution < 1.29 is 9.53 Å². The molecule has 1 aliphatic rings. The van der Waals surface area contributed by atoms with Crippen molar-refractivity contribution in [2.45, 2.75) is 0 Å². The van der Waals surface area contributed by atoms with Gasteiger partial charge in [-0.1, -0.05) is 18.2 Å². The highest BCUT2D eigenvalue weighted by Gasteiger charge is 2.16. The smallest absolute Gasteiger partial charge is 0.275 e. The lowest BCUT2D eigenvalue weighted by Crippen LogP contribution is -2.44. The van der Waals surface area contributed by atoms with E-state index in [0.29, 0.717) is 11.4 Å². The number of carbonyl (C=O) groups excluding carboxylic acids is 1. The van der Waals surface area contributed by atoms with E-state index in [1.54, 1.807) is 18.3 Å². The first kappa shape index (κ1) is 18.9. The van der Waals surface area contributed by atoms with Crippen molar-refractivity contribution in [3.05, 3.63) is 72.7 Å². The summed E-state index contributed by atoms with van der Waals surface area (Å²) < 4.78 is 5.76. The average molecular weight is 389 g/mol. The number of benzene rings is 2. The van der Waals surface area contributed by atoms with E-state index in [1.165, 1.54) is 6.20 Å². The summed E-state index contributed by atoms with van der Waals surface area (Å²) in [6, 6.07) is 16.8. The second-order valence-corrected chi connectivity index (χ2v) is 6.94. The van der Waals surface area contributed by atoms with Gasteiger partial charge in [-0.15, -0.1) is 0 Å². The summed E-state index contributed by atoms with van der Waals surface area (Å²) in [6.07, 6.45) is 3.19. The van der Waals surface area contributed by atoms with E-state index in [0.717, 1.165) is 37.7 Å². The molecule has 1 fully saturated rings. The molecule has 2 heterocycles. The van der Waals surface area contributed by atoms with E-state index in [4.69, 9.17) is 4.74 Å². The summed E-state index contributed by atoms with van der Waals surface area (Å²) in [5, 5.41) is 2.84. The van der Waals surface area contributed by atoms with Crippen LogP contribution in [0.2, 0.25) is 0 Å². The molecular formula is C22H23N5O2. The molecule has 4 rings (SSSR count). The topological polar surface area (TPSA) is 70.6 Å². The standard InChI is InChI=1S/C22H23N5O2/c1-26-11-13-27(14-12-26)21-16-23-20(15-24-21)22(28)25-17-7-9-19(10-8-17)29-18-5-3-2-4-6-18/h2-10,15-16H,11-14H2,1H3,(H,25,28). The van der Waals surface area contributed by atoms with Gasteiger partial charge in [-0.3, -0.25) is 4.79 Å². The third-order valence-corrected chi connectivity index (χ3v) is 4.79. The first-order chi connectivity index (χ1) is 14.2. The average Bonchev–Trinajstić information content (AvgIpc) is 2.76. The van der Waals surface area contributed by atoms with Gasteiger partial charge in [-0.05, 0) is 43.4 Å². The van der Waals surface area contributed by atoms with Gasteiger partial charge in [0.05, 0.1) is 12.4 Å². The lowest BCUT2D eigenvalue weighted by Gasteiger charge is -2.32. The quantitative estimate of drug-likeness (QED) is 0.722. The third kappa shape index (κ3) is 4.89. The summed E-state index contributed by atoms with van der Waals surface area (Å²) >= 11 is 0. The van der Waals surface area contributed by atoms with Crippen LogP contribution in [0.15, 0.2) is 67.0 Å². The molecule has 148 valence electrons. The predicted octanol–water partition coefficient (Wildman–Crippen LogP) is 3.27. The summed E-state index contributed by atoms with van der Waals surface area (Å²) in [6.45, 7) is 3.81. The Labute approximate surface area is 170 Å². The molecule has 2 aromatic carbocycles. The van der Waals surface area contributed by atoms with Crippen molar-refractivity contribution in [3.63, 3.8) is 0 Å². The number of hydrogen-bond donors (Lipinski definition) is 1. The third-order valence-electron chi connectivity index (χ3n) is 4.79. The van der Waals surface area contributed by atoms with Gasteiger partial charge in [0.15, 0.2) is 0 Å². The van der Waals surface area contributed by atoms with Gasteiger partial charge in [0.2, 0.25) is 0 Å². The van der Waals surface area contributed by atoms with Crippen LogP contribution in [0.5, 0.6) is 11.5 Å². The Morgan fingerprint density at radius 1 is 0.897 bits per heavy atom. The molecule has 0 saturated carbocycles. The molecule has 1 N–H and O–H groups in total. The molecule has 1 aromatic heterocycles. The fourth-order valence-electron chi connectivity index (χ4n) is 3.06. The maximum Gasteiger partial charge on any atom is 0.275 e. The van der Waals surface area contributed by atoms with Crippen molar-refractivity contribution in [3.8, 4) is 11.5 Å². The van der Waals surface area contributed by atoms with Gasteiger partial charge < -0.3 is 19.9 Å². The van der Waals surface area contributed by atoms with Crippen molar-refractivity contribution in [2.75, 3.05) is 43.4 Å². The molecule has 0 spiro atoms. The van der Waals surface area contributed by atoms with E-state index in [1.807, 2.05) is 42.5 Å². The molecule has 1 aliphatic heterocycles. The van der Waals surface area contributed by atoms with Crippen LogP contribution in [0.25, 0.3) is 0 Å². The minimum absolute atomic E-state index is 0.285. The maximum atomic E-state index is 12.5. The molecule has 7 nitrogen and oxygen atoms in total. The normalized spacial score (nSPS) is 14.4. The molecule has 0 radical (unpaired) electrons. The van der Waals surface area contributed by atoms with Gasteiger partial charge in [0, 0.05) is 31.9 Å². The molecule has 1 saturated heterocycles. The van der Waals surface area contributed by atoms with E-state index in [-0.39, 0.29) is 11.6 Å². The predicted molar refractivity (Wildman–Crippen MR) is 113 cm³/mol. The van der Waals surface area contributed by atoms with Crippen LogP contribution in [-0.4, -0.2) is 54.0 Å². The van der Waals surface area contributed by atoms with Crippen molar-refractivity contribution >= 4 is 17.4 Å². The Bertz CT molecular complexity index is 937. The molecule has 0 atom stereocenters. The molecule has 0 aliphatic carbocycles. The number of para-hydroxylation sites is 1. The molecule has 0 unspecified atom stereocenters. The summed E-state index contributed by atoms with van der Waals surface area (Å²) in [4.78, 5) is 25.6. The highest BCUT2D eigenvalue weighted by atomic mass is 16.5. The number of nitrogens with one attached hydrogen (secondary N) is 1. The molecule has 3 aromatic rings. The zero-order chi connectivity index (χ0) is 20.1. The lowest BCUT2D eigenvalue weighted by molar-refractivity contribution is 0.102. The van der Waals surface area contributed by atoms with Gasteiger partial charge in [0.1, 0.15) is 23.0 Å². The van der Waals surface area contributed by atoms with Crippen LogP contribution >= 0.6 is 0 Å². The molecule has 7 heteroatoms. The van der Waals surface area contributed by atoms with Crippen molar-refractivity contribution in [2.24, 2.45) is 0 Å². The zero-order valence-corrected chi connectivity index (χ0v) is 16.3. The number of ether oxygens (including phenoxy) is 1. The molecule has 0 bridgehead atoms. The Balaban J connectivity index is 1.35. The summed E-state index contributed by atoms with van der Waals surface area (Å²) in [5.41, 5.74) is 0.952. The molecular weight excluding hydrogens is 366 g/mol. The highest BCUT2D eigenvalue weighted by Crippen LogP contribution is 2.23. The van der Waals surface area contributed by atoms with E-state index < -0.39 is 0 Å². The Kier molecular flexibility index (Phi) is 5.67. The van der Waals surface area contributed by atoms with Crippen LogP contribution in [-0.2, 0) is 0 Å². The van der Waals surface area contributed by atoms with E-state index in [9.17, 15) is 4.79 Å². The monoisotopic (exact) mass is 389 g/mol. The number of rotatable bonds is 5. The Morgan fingerprint density at radius 2 is 1.59 bits per heavy atom. The van der Waals surface area contributed by atoms with Crippen LogP contribution in [0, 0.1) is 0 Å². The fourth-order valence-corrected chi connectivity index (χ4v) is 3.06. The number of nitrogens with zero attached hydrogens (tertiary/aromatic N) is 4. The minimum atomic E-state index is -0.292. The largest absolute Gasteiger partial charge is 0.457 e. The molecule has 1 amide bonds. The Morgan fingerprint density at radius 3 is 2.24 bits per heavy atom. The van der Waals surface area contributed by atoms with Gasteiger partial charge in [0.25, 0.3) is 5.91 Å². The number of hydrogen-bond acceptors (Lipinski definition) is 6. The van der Waals surface area contributed by atoms with Crippen molar-refractivity contribution in [1.29, 1.82) is 0 Å². The van der Waals surface area contributed by atoms with E-state index >= 15 is 0 Å². The molecule has 29 heavy (non-hydrogen) atoms. The van der Waals surface area contributed by atoms with Crippen LogP contribution in [0.3, 0.4) is 0 Å². The minimum Gasteiger partial charge on any atom is -0.457 e. The van der Waals surface area contributed by atoms with Crippen molar-refractivity contribution in [1.82, 2.24) is 14.9 Å². The number of amides is 1. The number of likely N-dealkylation sites (N-methyl/N-ethyl adjacent to an activating group) is 1. The number of anilines is 2. The maximum absolute atomic E-state index is 12.5. The summed E-state index contributed by atoms with van der Waals surface area (Å²) in [5.74, 6) is 1.97. The van der Waals surface area contributed by atoms with Crippen LogP contribution in [0.4, 0.5) is 11.5 Å². The van der Waals surface area contributed by atoms with E-state index in [2.05, 4.69) is 32.1 Å². The number of carbonyl (C=O) groups is 1. The zero-order valence-electron chi connectivity index (χ0n) is 16.3. The second kappa shape index (κ2) is 8.70. The van der Waals surface area contributed by atoms with Crippen LogP contribution < -0.4 is 15.0 Å². The number of aromatic nitrogens is 2. The van der Waals surface area contributed by atoms with Gasteiger partial charge >= 0.3 is 0 Å². The number of piperazine rings is 1. The fraction of sp³-hybridized carbons (Fsp3) is 0.227. The van der Waals surface area contributed by atoms with Gasteiger partial charge in [-0.2, -0.15) is 0 Å². The SMILES string of the molecule is CN1CCN(c2cnc(C(=O)Nc3ccc(Oc4ccccc4)cc3)cn2)CC1. The Hall–Kier alpha value is -3.45. The highest BCUT2D eigenvalue weighted by molar-refractivity contribution is 6.02. The first-order valence-electron chi connectivity index (χ1n) is 9.57. The summed E-state index contributed by atoms with van der Waals surface area (Å²) in [7, 11) is 2.11. The second-order valence-electron chi connectivity index (χ2n) is 6.94. The van der Waals surface area contributed by atoms with Crippen LogP contribution in [0.1, 0.15) is 10.5 Å². The first-order valence-corrected chi connectivity index (χ1v) is 9.57. The lowest BCUT2D eigenvalue weighted by atomic mass is 10.3. The van der Waals surface area contributed by atoms with Gasteiger partial charge in [-0.25, -0.2) is 9.97 Å².